The van der Waals surface area contributed by atoms with Gasteiger partial charge in [-0.05, 0) is 87.1 Å². The van der Waals surface area contributed by atoms with Gasteiger partial charge in [0, 0.05) is 49.6 Å². The molecule has 3 aromatic rings. The smallest absolute Gasteiger partial charge is 0.224 e. The largest absolute Gasteiger partial charge is 0.397 e. The Morgan fingerprint density at radius 2 is 1.52 bits per heavy atom. The second-order valence-corrected chi connectivity index (χ2v) is 13.3. The average Bonchev–Trinajstić information content (AvgIpc) is 3.78. The van der Waals surface area contributed by atoms with E-state index in [1.807, 2.05) is 60.7 Å². The topological polar surface area (TPSA) is 129 Å². The molecule has 6 rings (SSSR count). The van der Waals surface area contributed by atoms with E-state index < -0.39 is 6.29 Å². The quantitative estimate of drug-likeness (QED) is 0.175. The molecule has 0 unspecified atom stereocenters. The standard InChI is InChI=1S/C38H49N5O5/c39-33-8-1-2-9-34(33)41-37(46)11-5-10-36(45)40-30-18-16-29(17-19-30)38-47-32(23-35(48-38)28-14-12-27(26-44)13-15-28)25-43-22-6-7-31(43)24-42-20-3-4-21-42/h1-2,8-9,12-19,31-32,35,38,44H,3-7,10-11,20-26,39H2,(H,40,45)(H,41,46)/t31-,32+,35-,38-/m0/s1. The lowest BCUT2D eigenvalue weighted by Crippen LogP contribution is -2.45. The Morgan fingerprint density at radius 3 is 2.25 bits per heavy atom. The van der Waals surface area contributed by atoms with Gasteiger partial charge in [-0.3, -0.25) is 14.5 Å². The summed E-state index contributed by atoms with van der Waals surface area (Å²) in [5.74, 6) is -0.328. The molecular formula is C38H49N5O5. The van der Waals surface area contributed by atoms with Crippen LogP contribution in [0, 0.1) is 0 Å². The van der Waals surface area contributed by atoms with E-state index in [4.69, 9.17) is 15.2 Å². The third-order valence-electron chi connectivity index (χ3n) is 9.73. The van der Waals surface area contributed by atoms with Gasteiger partial charge in [0.1, 0.15) is 0 Å². The van der Waals surface area contributed by atoms with Crippen molar-refractivity contribution in [1.29, 1.82) is 0 Å². The van der Waals surface area contributed by atoms with Crippen LogP contribution in [0.1, 0.15) is 80.5 Å². The Hall–Kier alpha value is -3.80. The van der Waals surface area contributed by atoms with E-state index in [-0.39, 0.29) is 43.5 Å². The van der Waals surface area contributed by atoms with Crippen LogP contribution in [0.4, 0.5) is 17.1 Å². The second-order valence-electron chi connectivity index (χ2n) is 13.3. The van der Waals surface area contributed by atoms with Gasteiger partial charge in [-0.2, -0.15) is 0 Å². The molecule has 3 aromatic carbocycles. The third kappa shape index (κ3) is 9.21. The monoisotopic (exact) mass is 655 g/mol. The fourth-order valence-corrected chi connectivity index (χ4v) is 7.08. The van der Waals surface area contributed by atoms with E-state index >= 15 is 0 Å². The summed E-state index contributed by atoms with van der Waals surface area (Å²) in [4.78, 5) is 30.2. The predicted molar refractivity (Wildman–Crippen MR) is 187 cm³/mol. The molecule has 10 heteroatoms. The highest BCUT2D eigenvalue weighted by atomic mass is 16.7. The summed E-state index contributed by atoms with van der Waals surface area (Å²) in [6.07, 6.45) is 6.00. The highest BCUT2D eigenvalue weighted by molar-refractivity contribution is 5.94. The maximum absolute atomic E-state index is 12.6. The number of amides is 2. The maximum atomic E-state index is 12.6. The van der Waals surface area contributed by atoms with E-state index in [0.29, 0.717) is 29.5 Å². The minimum atomic E-state index is -0.548. The third-order valence-corrected chi connectivity index (χ3v) is 9.73. The summed E-state index contributed by atoms with van der Waals surface area (Å²) >= 11 is 0. The van der Waals surface area contributed by atoms with Gasteiger partial charge in [-0.25, -0.2) is 0 Å². The maximum Gasteiger partial charge on any atom is 0.224 e. The molecule has 2 amide bonds. The Labute approximate surface area is 283 Å². The normalized spacial score (nSPS) is 23.3. The molecule has 0 spiro atoms. The van der Waals surface area contributed by atoms with Crippen LogP contribution in [-0.4, -0.2) is 71.6 Å². The van der Waals surface area contributed by atoms with E-state index in [1.54, 1.807) is 12.1 Å². The molecule has 3 heterocycles. The summed E-state index contributed by atoms with van der Waals surface area (Å²) in [6.45, 7) is 5.54. The number of carbonyl (C=O) groups is 2. The molecule has 3 fully saturated rings. The SMILES string of the molecule is Nc1ccccc1NC(=O)CCCC(=O)Nc1ccc([C@H]2O[C@@H](CN3CCC[C@H]3CN3CCCC3)C[C@@H](c3ccc(CO)cc3)O2)cc1. The van der Waals surface area contributed by atoms with Crippen molar-refractivity contribution >= 4 is 28.9 Å². The molecule has 0 bridgehead atoms. The van der Waals surface area contributed by atoms with Crippen LogP contribution < -0.4 is 16.4 Å². The number of hydrogen-bond acceptors (Lipinski definition) is 8. The molecule has 0 radical (unpaired) electrons. The molecule has 4 atom stereocenters. The number of rotatable bonds is 13. The van der Waals surface area contributed by atoms with Crippen LogP contribution >= 0.6 is 0 Å². The molecule has 10 nitrogen and oxygen atoms in total. The van der Waals surface area contributed by atoms with E-state index in [0.717, 1.165) is 42.7 Å². The molecule has 0 saturated carbocycles. The van der Waals surface area contributed by atoms with Crippen LogP contribution in [0.5, 0.6) is 0 Å². The number of nitrogens with zero attached hydrogens (tertiary/aromatic N) is 2. The summed E-state index contributed by atoms with van der Waals surface area (Å²) in [5, 5.41) is 15.3. The van der Waals surface area contributed by atoms with Crippen LogP contribution in [0.2, 0.25) is 0 Å². The number of benzene rings is 3. The predicted octanol–water partition coefficient (Wildman–Crippen LogP) is 5.61. The van der Waals surface area contributed by atoms with E-state index in [2.05, 4.69) is 20.4 Å². The molecule has 3 saturated heterocycles. The fraction of sp³-hybridized carbons (Fsp3) is 0.474. The summed E-state index contributed by atoms with van der Waals surface area (Å²) in [7, 11) is 0. The first-order valence-electron chi connectivity index (χ1n) is 17.4. The van der Waals surface area contributed by atoms with Crippen molar-refractivity contribution in [3.05, 3.63) is 89.5 Å². The molecule has 0 aromatic heterocycles. The fourth-order valence-electron chi connectivity index (χ4n) is 7.08. The van der Waals surface area contributed by atoms with Crippen LogP contribution in [-0.2, 0) is 25.7 Å². The molecule has 3 aliphatic rings. The summed E-state index contributed by atoms with van der Waals surface area (Å²) < 4.78 is 13.2. The van der Waals surface area contributed by atoms with Gasteiger partial charge >= 0.3 is 0 Å². The van der Waals surface area contributed by atoms with Gasteiger partial charge in [0.25, 0.3) is 0 Å². The van der Waals surface area contributed by atoms with Crippen molar-refractivity contribution in [2.75, 3.05) is 49.1 Å². The van der Waals surface area contributed by atoms with Gasteiger partial charge in [0.15, 0.2) is 6.29 Å². The van der Waals surface area contributed by atoms with Crippen molar-refractivity contribution in [3.63, 3.8) is 0 Å². The van der Waals surface area contributed by atoms with Crippen LogP contribution in [0.25, 0.3) is 0 Å². The molecule has 3 aliphatic heterocycles. The Kier molecular flexibility index (Phi) is 11.7. The zero-order chi connectivity index (χ0) is 33.3. The highest BCUT2D eigenvalue weighted by Gasteiger charge is 2.36. The number of anilines is 3. The number of carbonyl (C=O) groups excluding carboxylic acids is 2. The number of ether oxygens (including phenoxy) is 2. The zero-order valence-corrected chi connectivity index (χ0v) is 27.7. The number of aliphatic hydroxyl groups excluding tert-OH is 1. The van der Waals surface area contributed by atoms with E-state index in [1.165, 1.54) is 38.8 Å². The number of aliphatic hydroxyl groups is 1. The number of para-hydroxylation sites is 2. The first-order valence-corrected chi connectivity index (χ1v) is 17.4. The molecule has 0 aliphatic carbocycles. The van der Waals surface area contributed by atoms with Crippen molar-refractivity contribution in [2.45, 2.75) is 82.5 Å². The number of nitrogen functional groups attached to an aromatic ring is 1. The molecule has 48 heavy (non-hydrogen) atoms. The average molecular weight is 656 g/mol. The molecule has 5 N–H and O–H groups in total. The van der Waals surface area contributed by atoms with Crippen LogP contribution in [0.3, 0.4) is 0 Å². The van der Waals surface area contributed by atoms with Crippen molar-refractivity contribution in [3.8, 4) is 0 Å². The van der Waals surface area contributed by atoms with Gasteiger partial charge in [-0.1, -0.05) is 48.5 Å². The van der Waals surface area contributed by atoms with Crippen LogP contribution in [0.15, 0.2) is 72.8 Å². The van der Waals surface area contributed by atoms with Gasteiger partial charge < -0.3 is 35.8 Å². The van der Waals surface area contributed by atoms with Crippen molar-refractivity contribution in [2.24, 2.45) is 0 Å². The minimum Gasteiger partial charge on any atom is -0.397 e. The lowest BCUT2D eigenvalue weighted by Gasteiger charge is -2.39. The zero-order valence-electron chi connectivity index (χ0n) is 27.7. The number of nitrogens with two attached hydrogens (primary N) is 1. The summed E-state index contributed by atoms with van der Waals surface area (Å²) in [6, 6.07) is 23.3. The van der Waals surface area contributed by atoms with Crippen molar-refractivity contribution < 1.29 is 24.2 Å². The first-order chi connectivity index (χ1) is 23.4. The van der Waals surface area contributed by atoms with Gasteiger partial charge in [-0.15, -0.1) is 0 Å². The Balaban J connectivity index is 1.05. The van der Waals surface area contributed by atoms with E-state index in [9.17, 15) is 14.7 Å². The Morgan fingerprint density at radius 1 is 0.812 bits per heavy atom. The number of likely N-dealkylation sites (tertiary alicyclic amines) is 2. The lowest BCUT2D eigenvalue weighted by atomic mass is 9.99. The minimum absolute atomic E-state index is 0.000331. The Bertz CT molecular complexity index is 1490. The first kappa shape index (κ1) is 34.1. The second kappa shape index (κ2) is 16.5. The summed E-state index contributed by atoms with van der Waals surface area (Å²) in [5.41, 5.74) is 10.5. The van der Waals surface area contributed by atoms with Gasteiger partial charge in [0.2, 0.25) is 11.8 Å². The number of hydrogen-bond donors (Lipinski definition) is 4. The van der Waals surface area contributed by atoms with Crippen molar-refractivity contribution in [1.82, 2.24) is 9.80 Å². The van der Waals surface area contributed by atoms with Gasteiger partial charge in [0.05, 0.1) is 30.2 Å². The highest BCUT2D eigenvalue weighted by Crippen LogP contribution is 2.39. The molecule has 256 valence electrons. The number of nitrogens with one attached hydrogen (secondary N) is 2. The molecular weight excluding hydrogens is 606 g/mol. The lowest BCUT2D eigenvalue weighted by molar-refractivity contribution is -0.253.